The highest BCUT2D eigenvalue weighted by Crippen LogP contribution is 2.20. The summed E-state index contributed by atoms with van der Waals surface area (Å²) < 4.78 is 0. The largest absolute Gasteiger partial charge is 0.508 e. The number of amides is 3. The Balaban J connectivity index is 1.54. The molecule has 47 heavy (non-hydrogen) atoms. The van der Waals surface area contributed by atoms with E-state index in [0.29, 0.717) is 16.7 Å². The molecule has 10 N–H and O–H groups in total. The first-order valence-electron chi connectivity index (χ1n) is 14.6. The quantitative estimate of drug-likeness (QED) is 0.0886. The molecule has 0 bridgehead atoms. The molecule has 0 fully saturated rings. The third kappa shape index (κ3) is 9.55. The van der Waals surface area contributed by atoms with Crippen LogP contribution >= 0.6 is 0 Å². The van der Waals surface area contributed by atoms with Crippen molar-refractivity contribution in [1.29, 1.82) is 0 Å². The Morgan fingerprint density at radius 3 is 1.79 bits per heavy atom. The van der Waals surface area contributed by atoms with Crippen molar-refractivity contribution in [3.8, 4) is 11.5 Å². The van der Waals surface area contributed by atoms with Crippen LogP contribution in [0.1, 0.15) is 23.1 Å². The average Bonchev–Trinajstić information content (AvgIpc) is 3.44. The van der Waals surface area contributed by atoms with Gasteiger partial charge in [-0.1, -0.05) is 42.5 Å². The highest BCUT2D eigenvalue weighted by Gasteiger charge is 2.32. The number of aromatic amines is 1. The number of carboxylic acids is 2. The van der Waals surface area contributed by atoms with Crippen molar-refractivity contribution in [3.63, 3.8) is 0 Å². The van der Waals surface area contributed by atoms with Gasteiger partial charge in [-0.15, -0.1) is 0 Å². The summed E-state index contributed by atoms with van der Waals surface area (Å²) in [5, 5.41) is 46.4. The number of rotatable bonds is 15. The average molecular weight is 646 g/mol. The van der Waals surface area contributed by atoms with Crippen molar-refractivity contribution < 1.29 is 44.4 Å². The molecule has 0 aliphatic carbocycles. The molecule has 1 heterocycles. The van der Waals surface area contributed by atoms with E-state index in [0.717, 1.165) is 10.9 Å². The number of nitrogens with two attached hydrogens (primary N) is 1. The third-order valence-corrected chi connectivity index (χ3v) is 7.46. The van der Waals surface area contributed by atoms with Gasteiger partial charge in [0.2, 0.25) is 17.7 Å². The van der Waals surface area contributed by atoms with Gasteiger partial charge in [0.05, 0.1) is 12.5 Å². The molecule has 0 aliphatic heterocycles. The number of carbonyl (C=O) groups excluding carboxylic acids is 3. The fourth-order valence-electron chi connectivity index (χ4n) is 4.98. The molecule has 0 saturated carbocycles. The standard InChI is InChI=1S/C33H35N5O9/c34-24(13-18-5-9-21(39)10-6-18)30(43)36-27(16-29(41)42)32(45)37-26(15-20-17-35-25-4-2-1-3-23(20)25)31(44)38-28(33(46)47)14-19-7-11-22(40)12-8-19/h1-12,17,24,26-28,35,39-40H,13-16,34H2,(H,36,43)(H,37,45)(H,38,44)(H,41,42)(H,46,47). The molecule has 246 valence electrons. The summed E-state index contributed by atoms with van der Waals surface area (Å²) in [6.07, 6.45) is 0.592. The maximum Gasteiger partial charge on any atom is 0.326 e. The number of carbonyl (C=O) groups is 5. The summed E-state index contributed by atoms with van der Waals surface area (Å²) in [5.74, 6) is -5.43. The van der Waals surface area contributed by atoms with Crippen molar-refractivity contribution in [3.05, 3.63) is 95.7 Å². The van der Waals surface area contributed by atoms with Gasteiger partial charge in [0.15, 0.2) is 0 Å². The molecule has 0 aliphatic rings. The molecule has 4 rings (SSSR count). The summed E-state index contributed by atoms with van der Waals surface area (Å²) in [4.78, 5) is 66.9. The molecular weight excluding hydrogens is 610 g/mol. The second kappa shape index (κ2) is 15.4. The molecule has 3 amide bonds. The van der Waals surface area contributed by atoms with Crippen LogP contribution in [-0.2, 0) is 43.2 Å². The van der Waals surface area contributed by atoms with Crippen LogP contribution in [0.15, 0.2) is 79.0 Å². The number of hydrogen-bond donors (Lipinski definition) is 9. The number of H-pyrrole nitrogens is 1. The fourth-order valence-corrected chi connectivity index (χ4v) is 4.98. The van der Waals surface area contributed by atoms with E-state index in [1.54, 1.807) is 36.5 Å². The molecule has 0 radical (unpaired) electrons. The van der Waals surface area contributed by atoms with Crippen LogP contribution in [0, 0.1) is 0 Å². The van der Waals surface area contributed by atoms with Crippen molar-refractivity contribution in [2.45, 2.75) is 49.9 Å². The maximum absolute atomic E-state index is 13.6. The summed E-state index contributed by atoms with van der Waals surface area (Å²) in [5.41, 5.74) is 8.51. The number of nitrogens with one attached hydrogen (secondary N) is 4. The Kier molecular flexibility index (Phi) is 11.1. The summed E-state index contributed by atoms with van der Waals surface area (Å²) >= 11 is 0. The van der Waals surface area contributed by atoms with Crippen LogP contribution in [0.3, 0.4) is 0 Å². The lowest BCUT2D eigenvalue weighted by molar-refractivity contribution is -0.143. The van der Waals surface area contributed by atoms with Crippen LogP contribution < -0.4 is 21.7 Å². The normalized spacial score (nSPS) is 13.6. The lowest BCUT2D eigenvalue weighted by Crippen LogP contribution is -2.58. The zero-order chi connectivity index (χ0) is 34.1. The van der Waals surface area contributed by atoms with Gasteiger partial charge >= 0.3 is 11.9 Å². The number of carboxylic acid groups (broad SMARTS) is 2. The summed E-state index contributed by atoms with van der Waals surface area (Å²) in [7, 11) is 0. The number of fused-ring (bicyclic) bond motifs is 1. The van der Waals surface area contributed by atoms with Crippen LogP contribution in [0.5, 0.6) is 11.5 Å². The minimum Gasteiger partial charge on any atom is -0.508 e. The van der Waals surface area contributed by atoms with Gasteiger partial charge in [0, 0.05) is 29.9 Å². The topological polar surface area (TPSA) is 244 Å². The van der Waals surface area contributed by atoms with Crippen molar-refractivity contribution in [2.24, 2.45) is 5.73 Å². The van der Waals surface area contributed by atoms with E-state index in [1.165, 1.54) is 36.4 Å². The van der Waals surface area contributed by atoms with Gasteiger partial charge in [-0.25, -0.2) is 4.79 Å². The van der Waals surface area contributed by atoms with Gasteiger partial charge in [-0.05, 0) is 53.4 Å². The predicted octanol–water partition coefficient (Wildman–Crippen LogP) is 0.948. The fraction of sp³-hybridized carbons (Fsp3) is 0.242. The predicted molar refractivity (Wildman–Crippen MR) is 169 cm³/mol. The van der Waals surface area contributed by atoms with Gasteiger partial charge < -0.3 is 47.1 Å². The molecule has 0 spiro atoms. The van der Waals surface area contributed by atoms with Gasteiger partial charge in [0.25, 0.3) is 0 Å². The lowest BCUT2D eigenvalue weighted by Gasteiger charge is -2.25. The van der Waals surface area contributed by atoms with Gasteiger partial charge in [0.1, 0.15) is 29.6 Å². The first-order chi connectivity index (χ1) is 22.4. The Morgan fingerprint density at radius 2 is 1.19 bits per heavy atom. The van der Waals surface area contributed by atoms with E-state index >= 15 is 0 Å². The number of phenols is 2. The summed E-state index contributed by atoms with van der Waals surface area (Å²) in [6, 6.07) is 13.3. The molecule has 4 aromatic rings. The smallest absolute Gasteiger partial charge is 0.326 e. The number of hydrogen-bond acceptors (Lipinski definition) is 8. The molecule has 3 aromatic carbocycles. The Labute approximate surface area is 268 Å². The van der Waals surface area contributed by atoms with Crippen LogP contribution in [-0.4, -0.2) is 79.2 Å². The molecule has 1 aromatic heterocycles. The highest BCUT2D eigenvalue weighted by atomic mass is 16.4. The van der Waals surface area contributed by atoms with Crippen LogP contribution in [0.4, 0.5) is 0 Å². The molecule has 4 unspecified atom stereocenters. The number of aromatic nitrogens is 1. The second-order valence-electron chi connectivity index (χ2n) is 11.0. The number of para-hydroxylation sites is 1. The van der Waals surface area contributed by atoms with E-state index in [4.69, 9.17) is 5.73 Å². The number of benzene rings is 3. The molecule has 0 saturated heterocycles. The second-order valence-corrected chi connectivity index (χ2v) is 11.0. The number of aromatic hydroxyl groups is 2. The number of phenolic OH excluding ortho intramolecular Hbond substituents is 2. The zero-order valence-corrected chi connectivity index (χ0v) is 25.1. The molecule has 4 atom stereocenters. The Bertz CT molecular complexity index is 1740. The Hall–Kier alpha value is -5.89. The first-order valence-corrected chi connectivity index (χ1v) is 14.6. The Morgan fingerprint density at radius 1 is 0.660 bits per heavy atom. The third-order valence-electron chi connectivity index (χ3n) is 7.46. The van der Waals surface area contributed by atoms with Crippen molar-refractivity contribution in [1.82, 2.24) is 20.9 Å². The zero-order valence-electron chi connectivity index (χ0n) is 25.1. The van der Waals surface area contributed by atoms with Crippen LogP contribution in [0.25, 0.3) is 10.9 Å². The molecule has 14 nitrogen and oxygen atoms in total. The maximum atomic E-state index is 13.6. The van der Waals surface area contributed by atoms with E-state index in [-0.39, 0.29) is 30.8 Å². The van der Waals surface area contributed by atoms with E-state index in [1.807, 2.05) is 6.07 Å². The van der Waals surface area contributed by atoms with Crippen LogP contribution in [0.2, 0.25) is 0 Å². The van der Waals surface area contributed by atoms with E-state index in [2.05, 4.69) is 20.9 Å². The van der Waals surface area contributed by atoms with Gasteiger partial charge in [-0.2, -0.15) is 0 Å². The first kappa shape index (κ1) is 34.0. The van der Waals surface area contributed by atoms with Crippen molar-refractivity contribution >= 4 is 40.6 Å². The minimum absolute atomic E-state index is 0.0181. The summed E-state index contributed by atoms with van der Waals surface area (Å²) in [6.45, 7) is 0. The van der Waals surface area contributed by atoms with E-state index in [9.17, 15) is 44.4 Å². The molecule has 14 heteroatoms. The van der Waals surface area contributed by atoms with E-state index < -0.39 is 60.2 Å². The minimum atomic E-state index is -1.63. The van der Waals surface area contributed by atoms with Crippen molar-refractivity contribution in [2.75, 3.05) is 0 Å². The lowest BCUT2D eigenvalue weighted by atomic mass is 10.0. The monoisotopic (exact) mass is 645 g/mol. The SMILES string of the molecule is NC(Cc1ccc(O)cc1)C(=O)NC(CC(=O)O)C(=O)NC(Cc1c[nH]c2ccccc12)C(=O)NC(Cc1ccc(O)cc1)C(=O)O. The number of aliphatic carboxylic acids is 2. The van der Waals surface area contributed by atoms with Gasteiger partial charge in [-0.3, -0.25) is 19.2 Å². The highest BCUT2D eigenvalue weighted by molar-refractivity contribution is 5.96. The molecular formula is C33H35N5O9.